The molecule has 0 radical (unpaired) electrons. The number of benzene rings is 2. The number of halogens is 1. The summed E-state index contributed by atoms with van der Waals surface area (Å²) in [7, 11) is 1.90. The van der Waals surface area contributed by atoms with Gasteiger partial charge in [-0.05, 0) is 42.5 Å². The number of hydrogen-bond acceptors (Lipinski definition) is 5. The fraction of sp³-hybridized carbons (Fsp3) is 0.200. The van der Waals surface area contributed by atoms with Crippen LogP contribution in [-0.2, 0) is 6.61 Å². The highest BCUT2D eigenvalue weighted by atomic mass is 32.1. The standard InChI is InChI=1S/C20H18FN3O2S/c1-23-8-9-24(18-7-4-15(21)10-19(18)23)20(25)14-2-5-17(6-3-14)26-11-16-12-27-13-22-16/h2-7,10,12-13H,8-9,11H2,1H3. The van der Waals surface area contributed by atoms with Crippen LogP contribution < -0.4 is 14.5 Å². The second-order valence-electron chi connectivity index (χ2n) is 6.30. The first-order chi connectivity index (χ1) is 13.1. The summed E-state index contributed by atoms with van der Waals surface area (Å²) in [5.74, 6) is 0.263. The van der Waals surface area contributed by atoms with Crippen LogP contribution in [0.25, 0.3) is 0 Å². The first-order valence-corrected chi connectivity index (χ1v) is 9.48. The van der Waals surface area contributed by atoms with Gasteiger partial charge in [0.1, 0.15) is 18.2 Å². The van der Waals surface area contributed by atoms with Crippen LogP contribution in [0.1, 0.15) is 16.1 Å². The smallest absolute Gasteiger partial charge is 0.258 e. The molecule has 0 atom stereocenters. The van der Waals surface area contributed by atoms with E-state index < -0.39 is 0 Å². The van der Waals surface area contributed by atoms with E-state index >= 15 is 0 Å². The zero-order chi connectivity index (χ0) is 18.8. The Balaban J connectivity index is 1.50. The Labute approximate surface area is 160 Å². The average molecular weight is 383 g/mol. The number of ether oxygens (including phenoxy) is 1. The van der Waals surface area contributed by atoms with Crippen molar-refractivity contribution < 1.29 is 13.9 Å². The third kappa shape index (κ3) is 3.64. The summed E-state index contributed by atoms with van der Waals surface area (Å²) >= 11 is 1.52. The third-order valence-electron chi connectivity index (χ3n) is 4.52. The zero-order valence-corrected chi connectivity index (χ0v) is 15.6. The molecule has 1 aliphatic heterocycles. The maximum atomic E-state index is 13.6. The van der Waals surface area contributed by atoms with Crippen molar-refractivity contribution in [3.8, 4) is 5.75 Å². The monoisotopic (exact) mass is 383 g/mol. The van der Waals surface area contributed by atoms with Crippen LogP contribution in [0.15, 0.2) is 53.4 Å². The number of aromatic nitrogens is 1. The summed E-state index contributed by atoms with van der Waals surface area (Å²) in [5.41, 5.74) is 4.65. The third-order valence-corrected chi connectivity index (χ3v) is 5.15. The number of rotatable bonds is 4. The van der Waals surface area contributed by atoms with Crippen LogP contribution in [0.3, 0.4) is 0 Å². The Kier molecular flexibility index (Phi) is 4.77. The van der Waals surface area contributed by atoms with Crippen molar-refractivity contribution in [1.82, 2.24) is 4.98 Å². The topological polar surface area (TPSA) is 45.7 Å². The van der Waals surface area contributed by atoms with Gasteiger partial charge in [-0.3, -0.25) is 4.79 Å². The molecule has 0 unspecified atom stereocenters. The molecule has 0 aliphatic carbocycles. The lowest BCUT2D eigenvalue weighted by molar-refractivity contribution is 0.0986. The molecule has 3 aromatic rings. The van der Waals surface area contributed by atoms with Gasteiger partial charge >= 0.3 is 0 Å². The molecule has 1 amide bonds. The second-order valence-corrected chi connectivity index (χ2v) is 7.02. The number of likely N-dealkylation sites (N-methyl/N-ethyl adjacent to an activating group) is 1. The van der Waals surface area contributed by atoms with Crippen molar-refractivity contribution >= 4 is 28.6 Å². The number of carbonyl (C=O) groups excluding carboxylic acids is 1. The van der Waals surface area contributed by atoms with E-state index in [1.807, 2.05) is 17.3 Å². The van der Waals surface area contributed by atoms with Gasteiger partial charge < -0.3 is 14.5 Å². The highest BCUT2D eigenvalue weighted by Crippen LogP contribution is 2.33. The minimum atomic E-state index is -0.309. The van der Waals surface area contributed by atoms with E-state index in [4.69, 9.17) is 4.74 Å². The minimum absolute atomic E-state index is 0.109. The maximum absolute atomic E-state index is 13.6. The van der Waals surface area contributed by atoms with Crippen LogP contribution in [-0.4, -0.2) is 31.0 Å². The lowest BCUT2D eigenvalue weighted by Crippen LogP contribution is -2.42. The molecule has 2 aromatic carbocycles. The molecular weight excluding hydrogens is 365 g/mol. The number of thiazole rings is 1. The molecule has 5 nitrogen and oxygen atoms in total. The Morgan fingerprint density at radius 2 is 2.00 bits per heavy atom. The molecule has 1 aromatic heterocycles. The minimum Gasteiger partial charge on any atom is -0.487 e. The zero-order valence-electron chi connectivity index (χ0n) is 14.8. The number of amides is 1. The highest BCUT2D eigenvalue weighted by Gasteiger charge is 2.26. The number of anilines is 2. The van der Waals surface area contributed by atoms with Crippen LogP contribution in [0.5, 0.6) is 5.75 Å². The van der Waals surface area contributed by atoms with Gasteiger partial charge in [0, 0.05) is 31.1 Å². The first-order valence-electron chi connectivity index (χ1n) is 8.54. The molecular formula is C20H18FN3O2S. The Morgan fingerprint density at radius 3 is 2.74 bits per heavy atom. The summed E-state index contributed by atoms with van der Waals surface area (Å²) in [6, 6.07) is 11.6. The van der Waals surface area contributed by atoms with Gasteiger partial charge in [-0.15, -0.1) is 11.3 Å². The number of hydrogen-bond donors (Lipinski definition) is 0. The van der Waals surface area contributed by atoms with Crippen LogP contribution in [0, 0.1) is 5.82 Å². The summed E-state index contributed by atoms with van der Waals surface area (Å²) in [4.78, 5) is 20.8. The summed E-state index contributed by atoms with van der Waals surface area (Å²) in [5, 5.41) is 1.94. The molecule has 7 heteroatoms. The molecule has 0 bridgehead atoms. The Hall–Kier alpha value is -2.93. The lowest BCUT2D eigenvalue weighted by atomic mass is 10.1. The van der Waals surface area contributed by atoms with Crippen molar-refractivity contribution in [2.45, 2.75) is 6.61 Å². The van der Waals surface area contributed by atoms with E-state index in [0.717, 1.165) is 17.1 Å². The van der Waals surface area contributed by atoms with E-state index in [0.29, 0.717) is 31.0 Å². The average Bonchev–Trinajstić information content (AvgIpc) is 3.21. The van der Waals surface area contributed by atoms with Crippen molar-refractivity contribution in [1.29, 1.82) is 0 Å². The molecule has 4 rings (SSSR count). The number of nitrogens with zero attached hydrogens (tertiary/aromatic N) is 3. The number of fused-ring (bicyclic) bond motifs is 1. The Bertz CT molecular complexity index is 944. The van der Waals surface area contributed by atoms with Gasteiger partial charge in [0.05, 0.1) is 22.6 Å². The molecule has 0 saturated heterocycles. The predicted molar refractivity (Wildman–Crippen MR) is 104 cm³/mol. The lowest BCUT2D eigenvalue weighted by Gasteiger charge is -2.35. The normalized spacial score (nSPS) is 13.4. The maximum Gasteiger partial charge on any atom is 0.258 e. The van der Waals surface area contributed by atoms with Gasteiger partial charge in [0.2, 0.25) is 0 Å². The molecule has 0 saturated carbocycles. The van der Waals surface area contributed by atoms with Crippen LogP contribution >= 0.6 is 11.3 Å². The largest absolute Gasteiger partial charge is 0.487 e. The van der Waals surface area contributed by atoms with Gasteiger partial charge in [-0.25, -0.2) is 9.37 Å². The SMILES string of the molecule is CN1CCN(C(=O)c2ccc(OCc3cscn3)cc2)c2ccc(F)cc21. The summed E-state index contributed by atoms with van der Waals surface area (Å²) in [6.07, 6.45) is 0. The van der Waals surface area contributed by atoms with E-state index in [-0.39, 0.29) is 11.7 Å². The Morgan fingerprint density at radius 1 is 1.19 bits per heavy atom. The molecule has 27 heavy (non-hydrogen) atoms. The number of carbonyl (C=O) groups is 1. The van der Waals surface area contributed by atoms with Crippen molar-refractivity contribution in [2.24, 2.45) is 0 Å². The van der Waals surface area contributed by atoms with E-state index in [1.54, 1.807) is 40.7 Å². The molecule has 2 heterocycles. The molecule has 0 fully saturated rings. The first kappa shape index (κ1) is 17.5. The van der Waals surface area contributed by atoms with Crippen molar-refractivity contribution in [3.05, 3.63) is 70.4 Å². The van der Waals surface area contributed by atoms with Gasteiger partial charge in [0.25, 0.3) is 5.91 Å². The van der Waals surface area contributed by atoms with E-state index in [2.05, 4.69) is 4.98 Å². The summed E-state index contributed by atoms with van der Waals surface area (Å²) < 4.78 is 19.3. The van der Waals surface area contributed by atoms with Crippen molar-refractivity contribution in [2.75, 3.05) is 29.9 Å². The van der Waals surface area contributed by atoms with E-state index in [9.17, 15) is 9.18 Å². The highest BCUT2D eigenvalue weighted by molar-refractivity contribution is 7.07. The molecule has 1 aliphatic rings. The fourth-order valence-electron chi connectivity index (χ4n) is 3.05. The van der Waals surface area contributed by atoms with Crippen LogP contribution in [0.4, 0.5) is 15.8 Å². The van der Waals surface area contributed by atoms with Gasteiger partial charge in [-0.1, -0.05) is 0 Å². The van der Waals surface area contributed by atoms with Crippen molar-refractivity contribution in [3.63, 3.8) is 0 Å². The second kappa shape index (κ2) is 7.36. The van der Waals surface area contributed by atoms with Gasteiger partial charge in [0.15, 0.2) is 0 Å². The molecule has 0 spiro atoms. The predicted octanol–water partition coefficient (Wildman–Crippen LogP) is 3.96. The van der Waals surface area contributed by atoms with Gasteiger partial charge in [-0.2, -0.15) is 0 Å². The van der Waals surface area contributed by atoms with E-state index in [1.165, 1.54) is 23.5 Å². The molecule has 138 valence electrons. The molecule has 0 N–H and O–H groups in total. The fourth-order valence-corrected chi connectivity index (χ4v) is 3.59. The summed E-state index contributed by atoms with van der Waals surface area (Å²) in [6.45, 7) is 1.60. The van der Waals surface area contributed by atoms with Crippen LogP contribution in [0.2, 0.25) is 0 Å². The quantitative estimate of drug-likeness (QED) is 0.684.